The molecule has 1 unspecified atom stereocenters. The van der Waals surface area contributed by atoms with E-state index in [1.54, 1.807) is 0 Å². The summed E-state index contributed by atoms with van der Waals surface area (Å²) < 4.78 is 6.45. The zero-order chi connectivity index (χ0) is 18.0. The van der Waals surface area contributed by atoms with E-state index in [0.717, 1.165) is 19.0 Å². The molecular formula is C17H42N2OSi2. The quantitative estimate of drug-likeness (QED) is 0.487. The third-order valence-electron chi connectivity index (χ3n) is 3.95. The van der Waals surface area contributed by atoms with Crippen molar-refractivity contribution in [2.75, 3.05) is 27.2 Å². The van der Waals surface area contributed by atoms with Crippen LogP contribution in [0.4, 0.5) is 0 Å². The number of hydrogen-bond donors (Lipinski definition) is 2. The molecule has 0 amide bonds. The first kappa shape index (κ1) is 24.3. The van der Waals surface area contributed by atoms with Gasteiger partial charge in [0.2, 0.25) is 0 Å². The Hall–Kier alpha value is 0.0538. The van der Waals surface area contributed by atoms with Crippen LogP contribution in [-0.4, -0.2) is 48.8 Å². The van der Waals surface area contributed by atoms with Crippen LogP contribution in [-0.2, 0) is 4.43 Å². The first-order chi connectivity index (χ1) is 9.83. The zero-order valence-corrected chi connectivity index (χ0v) is 18.9. The molecule has 0 spiro atoms. The van der Waals surface area contributed by atoms with Crippen molar-refractivity contribution in [3.63, 3.8) is 0 Å². The minimum absolute atomic E-state index is 0.0828. The molecule has 0 saturated carbocycles. The van der Waals surface area contributed by atoms with Gasteiger partial charge < -0.3 is 15.1 Å². The van der Waals surface area contributed by atoms with Crippen molar-refractivity contribution in [3.05, 3.63) is 12.7 Å². The molecule has 0 heterocycles. The highest BCUT2D eigenvalue weighted by atomic mass is 28.4. The van der Waals surface area contributed by atoms with E-state index in [0.29, 0.717) is 0 Å². The lowest BCUT2D eigenvalue weighted by Gasteiger charge is -2.45. The van der Waals surface area contributed by atoms with Crippen LogP contribution in [0.25, 0.3) is 0 Å². The molecule has 0 rings (SSSR count). The largest absolute Gasteiger partial charge is 0.415 e. The van der Waals surface area contributed by atoms with Crippen molar-refractivity contribution in [2.24, 2.45) is 5.92 Å². The molecule has 0 aliphatic rings. The van der Waals surface area contributed by atoms with Gasteiger partial charge in [-0.2, -0.15) is 0 Å². The van der Waals surface area contributed by atoms with Gasteiger partial charge in [-0.1, -0.05) is 32.1 Å². The summed E-state index contributed by atoms with van der Waals surface area (Å²) in [6.45, 7) is 24.3. The lowest BCUT2D eigenvalue weighted by atomic mass is 10.2. The van der Waals surface area contributed by atoms with E-state index < -0.39 is 16.4 Å². The van der Waals surface area contributed by atoms with Gasteiger partial charge in [0.05, 0.1) is 8.07 Å². The van der Waals surface area contributed by atoms with Gasteiger partial charge in [-0.3, -0.25) is 0 Å². The third kappa shape index (κ3) is 11.6. The van der Waals surface area contributed by atoms with Crippen LogP contribution in [0, 0.1) is 5.92 Å². The van der Waals surface area contributed by atoms with Crippen LogP contribution >= 0.6 is 0 Å². The van der Waals surface area contributed by atoms with E-state index in [1.807, 2.05) is 20.2 Å². The molecule has 1 atom stereocenters. The highest BCUT2D eigenvalue weighted by Crippen LogP contribution is 2.33. The third-order valence-corrected chi connectivity index (χ3v) is 10.4. The average molecular weight is 347 g/mol. The van der Waals surface area contributed by atoms with Crippen LogP contribution in [0.2, 0.25) is 38.8 Å². The Morgan fingerprint density at radius 2 is 1.59 bits per heavy atom. The molecule has 0 aromatic carbocycles. The fraction of sp³-hybridized carbons (Fsp3) is 0.882. The zero-order valence-electron chi connectivity index (χ0n) is 16.9. The first-order valence-corrected chi connectivity index (χ1v) is 15.0. The minimum Gasteiger partial charge on any atom is -0.415 e. The average Bonchev–Trinajstić information content (AvgIpc) is 2.26. The van der Waals surface area contributed by atoms with Crippen LogP contribution in [0.5, 0.6) is 0 Å². The van der Waals surface area contributed by atoms with Crippen molar-refractivity contribution in [2.45, 2.75) is 64.8 Å². The van der Waals surface area contributed by atoms with Gasteiger partial charge in [-0.05, 0) is 60.0 Å². The molecule has 22 heavy (non-hydrogen) atoms. The standard InChI is InChI=1S/C13H33NOSi2.C4H9N/c1-12(10-14-4)11-17(8,9)13(2,3)15-16(5,6)7;1-3-4-5-2/h12,14H,10-11H2,1-9H3;3,5H,1,4H2,2H3. The summed E-state index contributed by atoms with van der Waals surface area (Å²) in [5.41, 5.74) is 0. The molecule has 3 nitrogen and oxygen atoms in total. The SMILES string of the molecule is C=CCNC.CNCC(C)C[Si](C)(C)C(C)(C)O[Si](C)(C)C. The van der Waals surface area contributed by atoms with Crippen molar-refractivity contribution in [3.8, 4) is 0 Å². The van der Waals surface area contributed by atoms with E-state index in [-0.39, 0.29) is 5.22 Å². The molecule has 0 aliphatic heterocycles. The van der Waals surface area contributed by atoms with Gasteiger partial charge in [-0.15, -0.1) is 6.58 Å². The van der Waals surface area contributed by atoms with E-state index >= 15 is 0 Å². The maximum atomic E-state index is 6.45. The molecule has 2 N–H and O–H groups in total. The topological polar surface area (TPSA) is 33.3 Å². The smallest absolute Gasteiger partial charge is 0.184 e. The highest BCUT2D eigenvalue weighted by Gasteiger charge is 2.43. The van der Waals surface area contributed by atoms with Crippen molar-refractivity contribution in [1.29, 1.82) is 0 Å². The van der Waals surface area contributed by atoms with Crippen molar-refractivity contribution < 1.29 is 4.43 Å². The number of hydrogen-bond acceptors (Lipinski definition) is 3. The maximum Gasteiger partial charge on any atom is 0.184 e. The lowest BCUT2D eigenvalue weighted by Crippen LogP contribution is -2.57. The van der Waals surface area contributed by atoms with E-state index in [9.17, 15) is 0 Å². The van der Waals surface area contributed by atoms with Crippen LogP contribution < -0.4 is 10.6 Å². The molecule has 0 fully saturated rings. The van der Waals surface area contributed by atoms with Crippen LogP contribution in [0.3, 0.4) is 0 Å². The fourth-order valence-corrected chi connectivity index (χ4v) is 8.52. The summed E-state index contributed by atoms with van der Waals surface area (Å²) in [5, 5.41) is 6.26. The highest BCUT2D eigenvalue weighted by molar-refractivity contribution is 6.81. The Morgan fingerprint density at radius 3 is 1.86 bits per heavy atom. The molecule has 0 saturated heterocycles. The minimum atomic E-state index is -1.45. The van der Waals surface area contributed by atoms with E-state index in [4.69, 9.17) is 4.43 Å². The predicted octanol–water partition coefficient (Wildman–Crippen LogP) is 4.11. The predicted molar refractivity (Wildman–Crippen MR) is 108 cm³/mol. The summed E-state index contributed by atoms with van der Waals surface area (Å²) in [7, 11) is 1.11. The normalized spacial score (nSPS) is 14.1. The Morgan fingerprint density at radius 1 is 1.09 bits per heavy atom. The molecule has 134 valence electrons. The maximum absolute atomic E-state index is 6.45. The Labute approximate surface area is 142 Å². The van der Waals surface area contributed by atoms with Gasteiger partial charge in [0.15, 0.2) is 8.32 Å². The fourth-order valence-electron chi connectivity index (χ4n) is 2.59. The van der Waals surface area contributed by atoms with Gasteiger partial charge >= 0.3 is 0 Å². The summed E-state index contributed by atoms with van der Waals surface area (Å²) in [4.78, 5) is 0. The van der Waals surface area contributed by atoms with Gasteiger partial charge in [0, 0.05) is 11.8 Å². The lowest BCUT2D eigenvalue weighted by molar-refractivity contribution is 0.175. The molecule has 0 aliphatic carbocycles. The second kappa shape index (κ2) is 10.8. The number of likely N-dealkylation sites (N-methyl/N-ethyl adjacent to an activating group) is 1. The molecule has 0 aromatic heterocycles. The summed E-state index contributed by atoms with van der Waals surface area (Å²) in [5.74, 6) is 0.742. The Balaban J connectivity index is 0. The first-order valence-electron chi connectivity index (χ1n) is 8.43. The van der Waals surface area contributed by atoms with Crippen molar-refractivity contribution >= 4 is 16.4 Å². The van der Waals surface area contributed by atoms with Crippen molar-refractivity contribution in [1.82, 2.24) is 10.6 Å². The second-order valence-corrected chi connectivity index (χ2v) is 18.1. The monoisotopic (exact) mass is 346 g/mol. The molecule has 0 aromatic rings. The Bertz CT molecular complexity index is 300. The summed E-state index contributed by atoms with van der Waals surface area (Å²) in [6, 6.07) is 1.32. The van der Waals surface area contributed by atoms with E-state index in [2.05, 4.69) is 70.7 Å². The second-order valence-electron chi connectivity index (χ2n) is 8.32. The summed E-state index contributed by atoms with van der Waals surface area (Å²) >= 11 is 0. The molecular weight excluding hydrogens is 304 g/mol. The molecule has 0 radical (unpaired) electrons. The molecule has 5 heteroatoms. The Kier molecular flexibility index (Phi) is 11.9. The van der Waals surface area contributed by atoms with Crippen LogP contribution in [0.15, 0.2) is 12.7 Å². The van der Waals surface area contributed by atoms with Gasteiger partial charge in [0.1, 0.15) is 0 Å². The van der Waals surface area contributed by atoms with Crippen LogP contribution in [0.1, 0.15) is 20.8 Å². The number of nitrogens with one attached hydrogen (secondary N) is 2. The van der Waals surface area contributed by atoms with Gasteiger partial charge in [0.25, 0.3) is 0 Å². The number of rotatable bonds is 9. The molecule has 0 bridgehead atoms. The van der Waals surface area contributed by atoms with Gasteiger partial charge in [-0.25, -0.2) is 0 Å². The summed E-state index contributed by atoms with van der Waals surface area (Å²) in [6.07, 6.45) is 1.82. The van der Waals surface area contributed by atoms with E-state index in [1.165, 1.54) is 6.04 Å².